The topological polar surface area (TPSA) is 68.8 Å². The van der Waals surface area contributed by atoms with E-state index in [4.69, 9.17) is 5.84 Å². The molecule has 1 aromatic rings. The van der Waals surface area contributed by atoms with E-state index in [1.54, 1.807) is 4.68 Å². The van der Waals surface area contributed by atoms with Crippen LogP contribution in [0, 0.1) is 17.8 Å². The van der Waals surface area contributed by atoms with Crippen molar-refractivity contribution in [3.63, 3.8) is 0 Å². The highest BCUT2D eigenvalue weighted by atomic mass is 15.4. The van der Waals surface area contributed by atoms with Crippen LogP contribution in [0.15, 0.2) is 6.20 Å². The van der Waals surface area contributed by atoms with Gasteiger partial charge in [0.25, 0.3) is 0 Å². The largest absolute Gasteiger partial charge is 0.271 e. The molecule has 2 rings (SSSR count). The van der Waals surface area contributed by atoms with E-state index in [2.05, 4.69) is 29.6 Å². The Kier molecular flexibility index (Phi) is 4.93. The van der Waals surface area contributed by atoms with Crippen molar-refractivity contribution in [2.75, 3.05) is 0 Å². The number of rotatable bonds is 5. The van der Waals surface area contributed by atoms with E-state index in [9.17, 15) is 0 Å². The first kappa shape index (κ1) is 14.5. The second-order valence-electron chi connectivity index (χ2n) is 6.28. The summed E-state index contributed by atoms with van der Waals surface area (Å²) in [5, 5.41) is 8.14. The molecule has 3 N–H and O–H groups in total. The third-order valence-corrected chi connectivity index (χ3v) is 4.62. The van der Waals surface area contributed by atoms with Crippen molar-refractivity contribution in [3.05, 3.63) is 11.9 Å². The molecule has 1 aromatic heterocycles. The Labute approximate surface area is 115 Å². The van der Waals surface area contributed by atoms with Crippen LogP contribution in [-0.4, -0.2) is 21.0 Å². The van der Waals surface area contributed by atoms with Gasteiger partial charge < -0.3 is 0 Å². The molecule has 1 unspecified atom stereocenters. The summed E-state index contributed by atoms with van der Waals surface area (Å²) < 4.78 is 1.75. The number of hydrazine groups is 1. The van der Waals surface area contributed by atoms with E-state index in [0.29, 0.717) is 12.0 Å². The fraction of sp³-hybridized carbons (Fsp3) is 0.857. The lowest BCUT2D eigenvalue weighted by Crippen LogP contribution is -2.44. The van der Waals surface area contributed by atoms with Crippen LogP contribution in [0.5, 0.6) is 0 Å². The highest BCUT2D eigenvalue weighted by Crippen LogP contribution is 2.35. The average Bonchev–Trinajstić information content (AvgIpc) is 2.81. The molecule has 0 saturated heterocycles. The van der Waals surface area contributed by atoms with Gasteiger partial charge in [-0.3, -0.25) is 16.0 Å². The number of hydrogen-bond donors (Lipinski definition) is 2. The van der Waals surface area contributed by atoms with Crippen LogP contribution in [0.25, 0.3) is 0 Å². The second-order valence-corrected chi connectivity index (χ2v) is 6.28. The number of hydrogen-bond acceptors (Lipinski definition) is 4. The standard InChI is InChI=1S/C14H27N5/c1-10(2)11-4-6-12(7-5-11)14(16-15)8-13-9-19(3)18-17-13/h9-12,14,16H,4-8,15H2,1-3H3. The maximum atomic E-state index is 5.75. The van der Waals surface area contributed by atoms with Gasteiger partial charge in [-0.25, -0.2) is 0 Å². The number of nitrogens with zero attached hydrogens (tertiary/aromatic N) is 3. The van der Waals surface area contributed by atoms with Crippen molar-refractivity contribution in [2.45, 2.75) is 52.0 Å². The average molecular weight is 265 g/mol. The highest BCUT2D eigenvalue weighted by Gasteiger charge is 2.28. The third kappa shape index (κ3) is 3.76. The molecular formula is C14H27N5. The highest BCUT2D eigenvalue weighted by molar-refractivity contribution is 4.97. The van der Waals surface area contributed by atoms with Crippen LogP contribution < -0.4 is 11.3 Å². The van der Waals surface area contributed by atoms with Gasteiger partial charge in [0.2, 0.25) is 0 Å². The number of nitrogens with two attached hydrogens (primary N) is 1. The predicted molar refractivity (Wildman–Crippen MR) is 76.1 cm³/mol. The Bertz CT molecular complexity index is 379. The summed E-state index contributed by atoms with van der Waals surface area (Å²) >= 11 is 0. The van der Waals surface area contributed by atoms with Crippen molar-refractivity contribution in [2.24, 2.45) is 30.6 Å². The van der Waals surface area contributed by atoms with Crippen molar-refractivity contribution < 1.29 is 0 Å². The van der Waals surface area contributed by atoms with E-state index in [1.165, 1.54) is 25.7 Å². The molecule has 0 radical (unpaired) electrons. The van der Waals surface area contributed by atoms with Gasteiger partial charge in [0.15, 0.2) is 0 Å². The van der Waals surface area contributed by atoms with Gasteiger partial charge in [-0.2, -0.15) is 0 Å². The molecule has 1 atom stereocenters. The first-order valence-corrected chi connectivity index (χ1v) is 7.41. The molecular weight excluding hydrogens is 238 g/mol. The summed E-state index contributed by atoms with van der Waals surface area (Å²) in [6.45, 7) is 4.67. The number of aryl methyl sites for hydroxylation is 1. The lowest BCUT2D eigenvalue weighted by atomic mass is 9.74. The van der Waals surface area contributed by atoms with E-state index in [0.717, 1.165) is 24.0 Å². The van der Waals surface area contributed by atoms with Crippen molar-refractivity contribution in [3.8, 4) is 0 Å². The van der Waals surface area contributed by atoms with Crippen molar-refractivity contribution in [1.82, 2.24) is 20.4 Å². The van der Waals surface area contributed by atoms with Gasteiger partial charge >= 0.3 is 0 Å². The SMILES string of the molecule is CC(C)C1CCC(C(Cc2cn(C)nn2)NN)CC1. The monoisotopic (exact) mass is 265 g/mol. The zero-order valence-corrected chi connectivity index (χ0v) is 12.3. The van der Waals surface area contributed by atoms with Crippen molar-refractivity contribution in [1.29, 1.82) is 0 Å². The van der Waals surface area contributed by atoms with Crippen LogP contribution in [0.4, 0.5) is 0 Å². The molecule has 108 valence electrons. The summed E-state index contributed by atoms with van der Waals surface area (Å²) in [4.78, 5) is 0. The molecule has 1 fully saturated rings. The summed E-state index contributed by atoms with van der Waals surface area (Å²) in [5.41, 5.74) is 4.02. The summed E-state index contributed by atoms with van der Waals surface area (Å²) in [6, 6.07) is 0.324. The Balaban J connectivity index is 1.88. The molecule has 0 bridgehead atoms. The molecule has 0 amide bonds. The van der Waals surface area contributed by atoms with Gasteiger partial charge in [-0.1, -0.05) is 19.1 Å². The summed E-state index contributed by atoms with van der Waals surface area (Å²) in [5.74, 6) is 8.12. The molecule has 1 aliphatic carbocycles. The Morgan fingerprint density at radius 1 is 1.32 bits per heavy atom. The predicted octanol–water partition coefficient (Wildman–Crippen LogP) is 1.65. The first-order valence-electron chi connectivity index (χ1n) is 7.41. The molecule has 1 saturated carbocycles. The molecule has 5 nitrogen and oxygen atoms in total. The Morgan fingerprint density at radius 2 is 1.95 bits per heavy atom. The van der Waals surface area contributed by atoms with Gasteiger partial charge in [0.05, 0.1) is 5.69 Å². The quantitative estimate of drug-likeness (QED) is 0.627. The van der Waals surface area contributed by atoms with Gasteiger partial charge in [-0.15, -0.1) is 5.10 Å². The van der Waals surface area contributed by atoms with Gasteiger partial charge in [0, 0.05) is 25.7 Å². The van der Waals surface area contributed by atoms with E-state index in [1.807, 2.05) is 13.2 Å². The fourth-order valence-electron chi connectivity index (χ4n) is 3.29. The van der Waals surface area contributed by atoms with Gasteiger partial charge in [-0.05, 0) is 43.4 Å². The number of nitrogens with one attached hydrogen (secondary N) is 1. The lowest BCUT2D eigenvalue weighted by Gasteiger charge is -2.34. The van der Waals surface area contributed by atoms with Crippen LogP contribution in [0.1, 0.15) is 45.2 Å². The molecule has 5 heteroatoms. The first-order chi connectivity index (χ1) is 9.10. The fourth-order valence-corrected chi connectivity index (χ4v) is 3.29. The van der Waals surface area contributed by atoms with E-state index in [-0.39, 0.29) is 0 Å². The van der Waals surface area contributed by atoms with Crippen LogP contribution in [0.2, 0.25) is 0 Å². The molecule has 0 spiro atoms. The molecule has 19 heavy (non-hydrogen) atoms. The van der Waals surface area contributed by atoms with Crippen molar-refractivity contribution >= 4 is 0 Å². The summed E-state index contributed by atoms with van der Waals surface area (Å²) in [6.07, 6.45) is 8.07. The van der Waals surface area contributed by atoms with E-state index < -0.39 is 0 Å². The molecule has 1 aliphatic rings. The smallest absolute Gasteiger partial charge is 0.0843 e. The molecule has 0 aromatic carbocycles. The minimum absolute atomic E-state index is 0.324. The minimum Gasteiger partial charge on any atom is -0.271 e. The Hall–Kier alpha value is -0.940. The molecule has 0 aliphatic heterocycles. The zero-order chi connectivity index (χ0) is 13.8. The Morgan fingerprint density at radius 3 is 2.42 bits per heavy atom. The van der Waals surface area contributed by atoms with Crippen LogP contribution in [0.3, 0.4) is 0 Å². The summed E-state index contributed by atoms with van der Waals surface area (Å²) in [7, 11) is 1.90. The van der Waals surface area contributed by atoms with Crippen LogP contribution >= 0.6 is 0 Å². The maximum Gasteiger partial charge on any atom is 0.0843 e. The number of aromatic nitrogens is 3. The van der Waals surface area contributed by atoms with Crippen LogP contribution in [-0.2, 0) is 13.5 Å². The normalized spacial score (nSPS) is 25.7. The van der Waals surface area contributed by atoms with Gasteiger partial charge in [0.1, 0.15) is 0 Å². The lowest BCUT2D eigenvalue weighted by molar-refractivity contribution is 0.187. The zero-order valence-electron chi connectivity index (χ0n) is 12.3. The third-order valence-electron chi connectivity index (χ3n) is 4.62. The molecule has 1 heterocycles. The second kappa shape index (κ2) is 6.48. The maximum absolute atomic E-state index is 5.75. The minimum atomic E-state index is 0.324. The van der Waals surface area contributed by atoms with E-state index >= 15 is 0 Å².